The van der Waals surface area contributed by atoms with Gasteiger partial charge in [0.15, 0.2) is 0 Å². The van der Waals surface area contributed by atoms with Gasteiger partial charge in [-0.3, -0.25) is 9.89 Å². The van der Waals surface area contributed by atoms with Crippen molar-refractivity contribution < 1.29 is 9.21 Å². The van der Waals surface area contributed by atoms with Crippen LogP contribution in [0, 0.1) is 0 Å². The summed E-state index contributed by atoms with van der Waals surface area (Å²) < 4.78 is 5.42. The summed E-state index contributed by atoms with van der Waals surface area (Å²) in [5.41, 5.74) is 2.52. The van der Waals surface area contributed by atoms with Gasteiger partial charge in [0, 0.05) is 17.7 Å². The number of hydrogen-bond donors (Lipinski definition) is 2. The molecule has 19 heavy (non-hydrogen) atoms. The van der Waals surface area contributed by atoms with E-state index < -0.39 is 0 Å². The van der Waals surface area contributed by atoms with E-state index in [1.807, 2.05) is 13.0 Å². The fourth-order valence-corrected chi connectivity index (χ4v) is 2.53. The van der Waals surface area contributed by atoms with Gasteiger partial charge in [0.1, 0.15) is 11.5 Å². The van der Waals surface area contributed by atoms with E-state index in [0.717, 1.165) is 42.7 Å². The van der Waals surface area contributed by atoms with Gasteiger partial charge in [-0.2, -0.15) is 5.10 Å². The third-order valence-corrected chi connectivity index (χ3v) is 3.60. The van der Waals surface area contributed by atoms with Crippen molar-refractivity contribution in [1.82, 2.24) is 15.5 Å². The fraction of sp³-hybridized carbons (Fsp3) is 0.429. The van der Waals surface area contributed by atoms with Gasteiger partial charge in [0.25, 0.3) is 5.91 Å². The number of fused-ring (bicyclic) bond motifs is 1. The number of nitrogens with zero attached hydrogens (tertiary/aromatic N) is 1. The zero-order chi connectivity index (χ0) is 13.2. The number of nitrogens with one attached hydrogen (secondary N) is 2. The van der Waals surface area contributed by atoms with Crippen molar-refractivity contribution in [2.45, 2.75) is 38.6 Å². The van der Waals surface area contributed by atoms with Gasteiger partial charge in [0.05, 0.1) is 12.3 Å². The highest BCUT2D eigenvalue weighted by Crippen LogP contribution is 2.30. The number of aryl methyl sites for hydroxylation is 2. The Labute approximate surface area is 111 Å². The van der Waals surface area contributed by atoms with Crippen LogP contribution in [0.4, 0.5) is 0 Å². The maximum absolute atomic E-state index is 12.1. The van der Waals surface area contributed by atoms with E-state index in [4.69, 9.17) is 4.42 Å². The first-order chi connectivity index (χ1) is 9.28. The van der Waals surface area contributed by atoms with Crippen LogP contribution in [0.15, 0.2) is 22.8 Å². The van der Waals surface area contributed by atoms with Crippen molar-refractivity contribution in [3.05, 3.63) is 41.1 Å². The highest BCUT2D eigenvalue weighted by Gasteiger charge is 2.25. The molecule has 1 aliphatic rings. The average Bonchev–Trinajstić information content (AvgIpc) is 3.08. The minimum absolute atomic E-state index is 0.0387. The molecule has 1 aliphatic carbocycles. The number of aromatic amines is 1. The molecule has 100 valence electrons. The second kappa shape index (κ2) is 4.91. The molecule has 0 spiro atoms. The Morgan fingerprint density at radius 2 is 2.53 bits per heavy atom. The van der Waals surface area contributed by atoms with E-state index in [2.05, 4.69) is 15.5 Å². The third kappa shape index (κ3) is 2.28. The van der Waals surface area contributed by atoms with Gasteiger partial charge >= 0.3 is 0 Å². The molecule has 0 saturated heterocycles. The molecule has 1 atom stereocenters. The van der Waals surface area contributed by atoms with Crippen LogP contribution < -0.4 is 5.32 Å². The van der Waals surface area contributed by atoms with Crippen LogP contribution in [0.25, 0.3) is 0 Å². The molecule has 0 aromatic carbocycles. The zero-order valence-electron chi connectivity index (χ0n) is 10.9. The number of aromatic nitrogens is 2. The van der Waals surface area contributed by atoms with Crippen LogP contribution in [0.1, 0.15) is 53.3 Å². The highest BCUT2D eigenvalue weighted by molar-refractivity contribution is 5.92. The highest BCUT2D eigenvalue weighted by atomic mass is 16.3. The Kier molecular flexibility index (Phi) is 3.11. The molecule has 0 saturated carbocycles. The molecule has 0 radical (unpaired) electrons. The fourth-order valence-electron chi connectivity index (χ4n) is 2.53. The molecule has 5 heteroatoms. The first-order valence-corrected chi connectivity index (χ1v) is 6.69. The van der Waals surface area contributed by atoms with Crippen LogP contribution in [0.5, 0.6) is 0 Å². The third-order valence-electron chi connectivity index (χ3n) is 3.60. The first kappa shape index (κ1) is 12.0. The van der Waals surface area contributed by atoms with Crippen LogP contribution in [0.3, 0.4) is 0 Å². The maximum Gasteiger partial charge on any atom is 0.272 e. The van der Waals surface area contributed by atoms with Crippen molar-refractivity contribution in [1.29, 1.82) is 0 Å². The second-order valence-electron chi connectivity index (χ2n) is 4.85. The van der Waals surface area contributed by atoms with E-state index in [1.54, 1.807) is 12.3 Å². The minimum Gasteiger partial charge on any atom is -0.469 e. The Bertz CT molecular complexity index is 585. The van der Waals surface area contributed by atoms with Crippen molar-refractivity contribution in [3.63, 3.8) is 0 Å². The molecule has 2 aromatic heterocycles. The van der Waals surface area contributed by atoms with E-state index >= 15 is 0 Å². The lowest BCUT2D eigenvalue weighted by molar-refractivity contribution is 0.0927. The summed E-state index contributed by atoms with van der Waals surface area (Å²) in [5, 5.41) is 9.93. The van der Waals surface area contributed by atoms with Crippen molar-refractivity contribution in [3.8, 4) is 0 Å². The van der Waals surface area contributed by atoms with Crippen molar-refractivity contribution in [2.75, 3.05) is 0 Å². The topological polar surface area (TPSA) is 70.9 Å². The molecule has 2 aromatic rings. The molecular weight excluding hydrogens is 242 g/mol. The van der Waals surface area contributed by atoms with Gasteiger partial charge in [0.2, 0.25) is 0 Å². The molecule has 0 fully saturated rings. The lowest BCUT2D eigenvalue weighted by Gasteiger charge is -2.22. The summed E-state index contributed by atoms with van der Waals surface area (Å²) in [6.45, 7) is 2.02. The molecule has 0 aliphatic heterocycles. The van der Waals surface area contributed by atoms with Crippen LogP contribution in [0.2, 0.25) is 0 Å². The molecule has 2 N–H and O–H groups in total. The van der Waals surface area contributed by atoms with Crippen LogP contribution >= 0.6 is 0 Å². The van der Waals surface area contributed by atoms with E-state index in [1.165, 1.54) is 0 Å². The summed E-state index contributed by atoms with van der Waals surface area (Å²) in [4.78, 5) is 12.1. The largest absolute Gasteiger partial charge is 0.469 e. The van der Waals surface area contributed by atoms with Crippen molar-refractivity contribution >= 4 is 5.91 Å². The van der Waals surface area contributed by atoms with Gasteiger partial charge in [-0.15, -0.1) is 0 Å². The number of amides is 1. The van der Waals surface area contributed by atoms with Gasteiger partial charge in [-0.1, -0.05) is 6.92 Å². The molecule has 2 heterocycles. The number of carbonyl (C=O) groups excluding carboxylic acids is 1. The molecule has 5 nitrogen and oxygen atoms in total. The van der Waals surface area contributed by atoms with Crippen molar-refractivity contribution in [2.24, 2.45) is 0 Å². The SMILES string of the molecule is CCc1cc(C(=O)NC2CCCc3occc32)n[nH]1. The molecular formula is C14H17N3O2. The smallest absolute Gasteiger partial charge is 0.272 e. The summed E-state index contributed by atoms with van der Waals surface area (Å²) in [6, 6.07) is 3.78. The quantitative estimate of drug-likeness (QED) is 0.889. The number of rotatable bonds is 3. The van der Waals surface area contributed by atoms with Gasteiger partial charge in [-0.25, -0.2) is 0 Å². The van der Waals surface area contributed by atoms with E-state index in [9.17, 15) is 4.79 Å². The van der Waals surface area contributed by atoms with Crippen LogP contribution in [-0.2, 0) is 12.8 Å². The Balaban J connectivity index is 1.74. The number of hydrogen-bond acceptors (Lipinski definition) is 3. The lowest BCUT2D eigenvalue weighted by atomic mass is 9.93. The summed E-state index contributed by atoms with van der Waals surface area (Å²) in [6.07, 6.45) is 5.47. The van der Waals surface area contributed by atoms with E-state index in [0.29, 0.717) is 5.69 Å². The second-order valence-corrected chi connectivity index (χ2v) is 4.85. The standard InChI is InChI=1S/C14H17N3O2/c1-2-9-8-12(17-16-9)14(18)15-11-4-3-5-13-10(11)6-7-19-13/h6-8,11H,2-5H2,1H3,(H,15,18)(H,16,17). The predicted octanol–water partition coefficient (Wildman–Crippen LogP) is 2.37. The summed E-state index contributed by atoms with van der Waals surface area (Å²) >= 11 is 0. The first-order valence-electron chi connectivity index (χ1n) is 6.69. The predicted molar refractivity (Wildman–Crippen MR) is 69.8 cm³/mol. The Morgan fingerprint density at radius 1 is 1.63 bits per heavy atom. The average molecular weight is 259 g/mol. The van der Waals surface area contributed by atoms with Gasteiger partial charge in [-0.05, 0) is 31.4 Å². The molecule has 1 unspecified atom stereocenters. The number of carbonyl (C=O) groups is 1. The Hall–Kier alpha value is -2.04. The minimum atomic E-state index is -0.130. The number of H-pyrrole nitrogens is 1. The monoisotopic (exact) mass is 259 g/mol. The summed E-state index contributed by atoms with van der Waals surface area (Å²) in [7, 11) is 0. The normalized spacial score (nSPS) is 18.1. The van der Waals surface area contributed by atoms with Gasteiger partial charge < -0.3 is 9.73 Å². The lowest BCUT2D eigenvalue weighted by Crippen LogP contribution is -2.30. The summed E-state index contributed by atoms with van der Waals surface area (Å²) in [5.74, 6) is 0.864. The number of furan rings is 1. The zero-order valence-corrected chi connectivity index (χ0v) is 10.9. The molecule has 0 bridgehead atoms. The Morgan fingerprint density at radius 3 is 3.32 bits per heavy atom. The van der Waals surface area contributed by atoms with Crippen LogP contribution in [-0.4, -0.2) is 16.1 Å². The maximum atomic E-state index is 12.1. The van der Waals surface area contributed by atoms with E-state index in [-0.39, 0.29) is 11.9 Å². The molecule has 3 rings (SSSR count). The molecule has 1 amide bonds.